The molecule has 0 aliphatic carbocycles. The molecule has 0 N–H and O–H groups in total. The van der Waals surface area contributed by atoms with E-state index in [1.807, 2.05) is 36.1 Å². The number of anilines is 2. The Kier molecular flexibility index (Phi) is 8.62. The average molecular weight is 508 g/mol. The van der Waals surface area contributed by atoms with Crippen LogP contribution in [0.5, 0.6) is 0 Å². The fourth-order valence-electron chi connectivity index (χ4n) is 4.50. The van der Waals surface area contributed by atoms with E-state index in [1.165, 1.54) is 23.9 Å². The Morgan fingerprint density at radius 3 is 2.34 bits per heavy atom. The third kappa shape index (κ3) is 6.71. The Bertz CT molecular complexity index is 1010. The predicted molar refractivity (Wildman–Crippen MR) is 132 cm³/mol. The summed E-state index contributed by atoms with van der Waals surface area (Å²) in [4.78, 5) is 20.2. The van der Waals surface area contributed by atoms with Crippen LogP contribution in [-0.4, -0.2) is 68.2 Å². The summed E-state index contributed by atoms with van der Waals surface area (Å²) in [6.07, 6.45) is -2.25. The van der Waals surface area contributed by atoms with Crippen molar-refractivity contribution in [2.75, 3.05) is 57.3 Å². The molecule has 5 nitrogen and oxygen atoms in total. The standard InChI is InChI=1S/C26H32F3N3O2S/c1-2-6-25(33)34-18-17-31-15-13-30(14-16-31)11-5-12-32-21-7-3-4-8-23(21)35-24-10-9-20(19-22(24)32)26(27,28)29/h3-4,7-10,19H,2,5-6,11-18H2,1H3. The smallest absolute Gasteiger partial charge is 0.416 e. The highest BCUT2D eigenvalue weighted by Gasteiger charge is 2.33. The highest BCUT2D eigenvalue weighted by atomic mass is 32.2. The number of carbonyl (C=O) groups excluding carboxylic acids is 1. The zero-order valence-electron chi connectivity index (χ0n) is 20.0. The van der Waals surface area contributed by atoms with Crippen LogP contribution < -0.4 is 4.90 Å². The van der Waals surface area contributed by atoms with Crippen LogP contribution in [0.1, 0.15) is 31.7 Å². The summed E-state index contributed by atoms with van der Waals surface area (Å²) >= 11 is 1.52. The molecule has 1 fully saturated rings. The van der Waals surface area contributed by atoms with Crippen molar-refractivity contribution < 1.29 is 22.7 Å². The van der Waals surface area contributed by atoms with Gasteiger partial charge in [-0.2, -0.15) is 13.2 Å². The minimum absolute atomic E-state index is 0.132. The van der Waals surface area contributed by atoms with E-state index in [9.17, 15) is 18.0 Å². The molecular formula is C26H32F3N3O2S. The number of benzene rings is 2. The topological polar surface area (TPSA) is 36.0 Å². The van der Waals surface area contributed by atoms with Crippen LogP contribution in [0, 0.1) is 0 Å². The molecule has 0 bridgehead atoms. The van der Waals surface area contributed by atoms with Gasteiger partial charge in [-0.25, -0.2) is 0 Å². The number of carbonyl (C=O) groups is 1. The maximum absolute atomic E-state index is 13.4. The summed E-state index contributed by atoms with van der Waals surface area (Å²) < 4.78 is 45.5. The van der Waals surface area contributed by atoms with Crippen LogP contribution in [0.3, 0.4) is 0 Å². The molecular weight excluding hydrogens is 475 g/mol. The summed E-state index contributed by atoms with van der Waals surface area (Å²) in [5.74, 6) is -0.132. The van der Waals surface area contributed by atoms with Crippen LogP contribution in [0.2, 0.25) is 0 Å². The van der Waals surface area contributed by atoms with E-state index in [-0.39, 0.29) is 5.97 Å². The second-order valence-electron chi connectivity index (χ2n) is 8.91. The van der Waals surface area contributed by atoms with Crippen molar-refractivity contribution in [3.05, 3.63) is 48.0 Å². The van der Waals surface area contributed by atoms with Gasteiger partial charge in [-0.1, -0.05) is 30.8 Å². The Balaban J connectivity index is 1.31. The Hall–Kier alpha value is -2.23. The first-order chi connectivity index (χ1) is 16.8. The lowest BCUT2D eigenvalue weighted by molar-refractivity contribution is -0.144. The minimum atomic E-state index is -4.36. The lowest BCUT2D eigenvalue weighted by Gasteiger charge is -2.36. The molecule has 2 aromatic carbocycles. The fourth-order valence-corrected chi connectivity index (χ4v) is 5.58. The fraction of sp³-hybridized carbons (Fsp3) is 0.500. The number of para-hydroxylation sites is 1. The van der Waals surface area contributed by atoms with Gasteiger partial charge in [0.15, 0.2) is 0 Å². The van der Waals surface area contributed by atoms with Gasteiger partial charge in [0, 0.05) is 55.5 Å². The molecule has 0 amide bonds. The number of ether oxygens (including phenoxy) is 1. The van der Waals surface area contributed by atoms with Gasteiger partial charge in [-0.05, 0) is 49.7 Å². The van der Waals surface area contributed by atoms with E-state index in [2.05, 4.69) is 9.80 Å². The van der Waals surface area contributed by atoms with Gasteiger partial charge >= 0.3 is 12.1 Å². The number of halogens is 3. The summed E-state index contributed by atoms with van der Waals surface area (Å²) in [6.45, 7) is 8.40. The van der Waals surface area contributed by atoms with Crippen molar-refractivity contribution in [2.24, 2.45) is 0 Å². The Morgan fingerprint density at radius 1 is 0.943 bits per heavy atom. The number of hydrogen-bond donors (Lipinski definition) is 0. The van der Waals surface area contributed by atoms with Crippen LogP contribution in [0.4, 0.5) is 24.5 Å². The summed E-state index contributed by atoms with van der Waals surface area (Å²) in [7, 11) is 0. The third-order valence-electron chi connectivity index (χ3n) is 6.40. The molecule has 2 aromatic rings. The first-order valence-corrected chi connectivity index (χ1v) is 13.0. The first kappa shape index (κ1) is 25.9. The molecule has 2 aliphatic heterocycles. The molecule has 0 spiro atoms. The van der Waals surface area contributed by atoms with Gasteiger partial charge in [0.1, 0.15) is 6.61 Å². The van der Waals surface area contributed by atoms with Crippen LogP contribution in [0.25, 0.3) is 0 Å². The summed E-state index contributed by atoms with van der Waals surface area (Å²) in [6, 6.07) is 11.9. The van der Waals surface area contributed by atoms with Crippen molar-refractivity contribution in [3.63, 3.8) is 0 Å². The molecule has 35 heavy (non-hydrogen) atoms. The molecule has 0 radical (unpaired) electrons. The van der Waals surface area contributed by atoms with E-state index < -0.39 is 11.7 Å². The Labute approximate surface area is 209 Å². The second-order valence-corrected chi connectivity index (χ2v) is 9.99. The largest absolute Gasteiger partial charge is 0.464 e. The quantitative estimate of drug-likeness (QED) is 0.408. The number of rotatable bonds is 9. The first-order valence-electron chi connectivity index (χ1n) is 12.2. The monoisotopic (exact) mass is 507 g/mol. The molecule has 190 valence electrons. The third-order valence-corrected chi connectivity index (χ3v) is 7.53. The number of piperazine rings is 1. The molecule has 1 saturated heterocycles. The van der Waals surface area contributed by atoms with Gasteiger partial charge < -0.3 is 14.5 Å². The van der Waals surface area contributed by atoms with E-state index in [0.717, 1.165) is 67.6 Å². The van der Waals surface area contributed by atoms with Crippen LogP contribution in [-0.2, 0) is 15.7 Å². The minimum Gasteiger partial charge on any atom is -0.464 e. The normalized spacial score (nSPS) is 16.6. The summed E-state index contributed by atoms with van der Waals surface area (Å²) in [5, 5.41) is 0. The van der Waals surface area contributed by atoms with Crippen LogP contribution >= 0.6 is 11.8 Å². The molecule has 4 rings (SSSR count). The van der Waals surface area contributed by atoms with Gasteiger partial charge in [0.05, 0.1) is 16.9 Å². The van der Waals surface area contributed by atoms with Gasteiger partial charge in [0.2, 0.25) is 0 Å². The van der Waals surface area contributed by atoms with Crippen molar-refractivity contribution in [2.45, 2.75) is 42.2 Å². The molecule has 0 saturated carbocycles. The lowest BCUT2D eigenvalue weighted by Crippen LogP contribution is -2.47. The average Bonchev–Trinajstić information content (AvgIpc) is 2.84. The number of alkyl halides is 3. The highest BCUT2D eigenvalue weighted by molar-refractivity contribution is 7.99. The molecule has 0 aromatic heterocycles. The predicted octanol–water partition coefficient (Wildman–Crippen LogP) is 5.66. The molecule has 2 heterocycles. The SMILES string of the molecule is CCCC(=O)OCCN1CCN(CCCN2c3ccccc3Sc3ccc(C(F)(F)F)cc32)CC1. The zero-order chi connectivity index (χ0) is 24.8. The molecule has 0 unspecified atom stereocenters. The highest BCUT2D eigenvalue weighted by Crippen LogP contribution is 2.49. The Morgan fingerprint density at radius 2 is 1.63 bits per heavy atom. The number of hydrogen-bond acceptors (Lipinski definition) is 6. The molecule has 2 aliphatic rings. The van der Waals surface area contributed by atoms with Crippen molar-refractivity contribution >= 4 is 29.1 Å². The van der Waals surface area contributed by atoms with E-state index in [4.69, 9.17) is 4.74 Å². The van der Waals surface area contributed by atoms with E-state index in [0.29, 0.717) is 25.3 Å². The second kappa shape index (κ2) is 11.7. The number of fused-ring (bicyclic) bond motifs is 2. The molecule has 0 atom stereocenters. The van der Waals surface area contributed by atoms with Gasteiger partial charge in [-0.3, -0.25) is 9.69 Å². The van der Waals surface area contributed by atoms with E-state index in [1.54, 1.807) is 6.07 Å². The van der Waals surface area contributed by atoms with E-state index >= 15 is 0 Å². The zero-order valence-corrected chi connectivity index (χ0v) is 20.8. The van der Waals surface area contributed by atoms with Crippen molar-refractivity contribution in [3.8, 4) is 0 Å². The maximum Gasteiger partial charge on any atom is 0.416 e. The number of esters is 1. The lowest BCUT2D eigenvalue weighted by atomic mass is 10.1. The van der Waals surface area contributed by atoms with Gasteiger partial charge in [-0.15, -0.1) is 0 Å². The number of nitrogens with zero attached hydrogens (tertiary/aromatic N) is 3. The van der Waals surface area contributed by atoms with Gasteiger partial charge in [0.25, 0.3) is 0 Å². The molecule has 9 heteroatoms. The maximum atomic E-state index is 13.4. The summed E-state index contributed by atoms with van der Waals surface area (Å²) in [5.41, 5.74) is 0.982. The van der Waals surface area contributed by atoms with Crippen molar-refractivity contribution in [1.29, 1.82) is 0 Å². The van der Waals surface area contributed by atoms with Crippen LogP contribution in [0.15, 0.2) is 52.3 Å². The van der Waals surface area contributed by atoms with Crippen molar-refractivity contribution in [1.82, 2.24) is 9.80 Å².